The average Bonchev–Trinajstić information content (AvgIpc) is 2.82. The molecule has 3 nitrogen and oxygen atoms in total. The molecule has 1 unspecified atom stereocenters. The number of aliphatic hydroxyl groups is 1. The van der Waals surface area contributed by atoms with Crippen LogP contribution < -0.4 is 0 Å². The van der Waals surface area contributed by atoms with Crippen LogP contribution in [0.25, 0.3) is 6.08 Å². The number of rotatable bonds is 4. The lowest BCUT2D eigenvalue weighted by molar-refractivity contribution is 0.263. The summed E-state index contributed by atoms with van der Waals surface area (Å²) in [4.78, 5) is 0.558. The number of hydrogen-bond acceptors (Lipinski definition) is 3. The highest BCUT2D eigenvalue weighted by Gasteiger charge is 2.24. The van der Waals surface area contributed by atoms with Gasteiger partial charge in [0.05, 0.1) is 15.9 Å². The molecule has 0 aromatic heterocycles. The minimum absolute atomic E-state index is 0.265. The second-order valence-electron chi connectivity index (χ2n) is 6.64. The molecule has 0 saturated heterocycles. The van der Waals surface area contributed by atoms with Crippen molar-refractivity contribution >= 4 is 15.9 Å². The van der Waals surface area contributed by atoms with Gasteiger partial charge in [0.15, 0.2) is 0 Å². The van der Waals surface area contributed by atoms with E-state index in [-0.39, 0.29) is 4.90 Å². The lowest BCUT2D eigenvalue weighted by Crippen LogP contribution is -2.10. The quantitative estimate of drug-likeness (QED) is 0.820. The third kappa shape index (κ3) is 3.87. The van der Waals surface area contributed by atoms with Crippen molar-refractivity contribution in [3.63, 3.8) is 0 Å². The summed E-state index contributed by atoms with van der Waals surface area (Å²) in [5.74, 6) is 0. The molecule has 3 rings (SSSR count). The zero-order chi connectivity index (χ0) is 18.7. The van der Waals surface area contributed by atoms with E-state index in [1.54, 1.807) is 42.5 Å². The second kappa shape index (κ2) is 7.44. The van der Waals surface area contributed by atoms with Crippen LogP contribution in [-0.2, 0) is 16.3 Å². The number of hydrogen-bond donors (Lipinski definition) is 1. The fourth-order valence-electron chi connectivity index (χ4n) is 2.99. The van der Waals surface area contributed by atoms with Crippen molar-refractivity contribution in [3.8, 4) is 0 Å². The molecule has 0 bridgehead atoms. The summed E-state index contributed by atoms with van der Waals surface area (Å²) >= 11 is 0. The van der Waals surface area contributed by atoms with Gasteiger partial charge in [0.1, 0.15) is 0 Å². The van der Waals surface area contributed by atoms with Crippen LogP contribution in [0.4, 0.5) is 0 Å². The van der Waals surface area contributed by atoms with Gasteiger partial charge >= 0.3 is 0 Å². The Morgan fingerprint density at radius 3 is 2.35 bits per heavy atom. The first-order valence-electron chi connectivity index (χ1n) is 8.51. The molecule has 0 amide bonds. The molecule has 1 aliphatic rings. The molecule has 1 aliphatic carbocycles. The Hall–Kier alpha value is -2.43. The van der Waals surface area contributed by atoms with Crippen molar-refractivity contribution in [3.05, 3.63) is 93.9 Å². The second-order valence-corrected chi connectivity index (χ2v) is 8.64. The molecular formula is C22H22O3S. The smallest absolute Gasteiger partial charge is 0.203 e. The predicted molar refractivity (Wildman–Crippen MR) is 105 cm³/mol. The van der Waals surface area contributed by atoms with E-state index in [9.17, 15) is 13.5 Å². The van der Waals surface area contributed by atoms with E-state index < -0.39 is 15.9 Å². The van der Waals surface area contributed by atoms with Crippen molar-refractivity contribution in [2.24, 2.45) is 0 Å². The number of allylic oxidation sites excluding steroid dienone is 2. The molecule has 26 heavy (non-hydrogen) atoms. The third-order valence-corrected chi connectivity index (χ3v) is 6.15. The van der Waals surface area contributed by atoms with Crippen molar-refractivity contribution < 1.29 is 13.5 Å². The molecule has 0 aliphatic heterocycles. The van der Waals surface area contributed by atoms with Gasteiger partial charge in [0.2, 0.25) is 9.84 Å². The van der Waals surface area contributed by atoms with Crippen LogP contribution in [0, 0.1) is 0 Å². The zero-order valence-electron chi connectivity index (χ0n) is 14.9. The first kappa shape index (κ1) is 18.4. The van der Waals surface area contributed by atoms with Crippen LogP contribution >= 0.6 is 0 Å². The Balaban J connectivity index is 2.15. The van der Waals surface area contributed by atoms with E-state index in [1.807, 2.05) is 44.2 Å². The van der Waals surface area contributed by atoms with E-state index in [2.05, 4.69) is 0 Å². The first-order chi connectivity index (χ1) is 12.4. The Labute approximate surface area is 154 Å². The number of fused-ring (bicyclic) bond motifs is 1. The van der Waals surface area contributed by atoms with Crippen molar-refractivity contribution in [2.75, 3.05) is 0 Å². The number of benzene rings is 2. The van der Waals surface area contributed by atoms with Crippen LogP contribution in [0.5, 0.6) is 0 Å². The Bertz CT molecular complexity index is 993. The van der Waals surface area contributed by atoms with Crippen molar-refractivity contribution in [1.29, 1.82) is 0 Å². The van der Waals surface area contributed by atoms with Gasteiger partial charge in [-0.15, -0.1) is 0 Å². The molecule has 0 radical (unpaired) electrons. The summed E-state index contributed by atoms with van der Waals surface area (Å²) in [6.45, 7) is 3.81. The van der Waals surface area contributed by atoms with Crippen molar-refractivity contribution in [1.82, 2.24) is 0 Å². The topological polar surface area (TPSA) is 54.4 Å². The van der Waals surface area contributed by atoms with E-state index in [0.717, 1.165) is 16.7 Å². The predicted octanol–water partition coefficient (Wildman–Crippen LogP) is 4.31. The van der Waals surface area contributed by atoms with Crippen LogP contribution in [-0.4, -0.2) is 19.6 Å². The summed E-state index contributed by atoms with van der Waals surface area (Å²) in [5.41, 5.74) is 3.40. The maximum absolute atomic E-state index is 13.1. The molecule has 2 aromatic carbocycles. The maximum atomic E-state index is 13.1. The van der Waals surface area contributed by atoms with Gasteiger partial charge in [-0.1, -0.05) is 54.1 Å². The number of sulfone groups is 1. The van der Waals surface area contributed by atoms with Crippen LogP contribution in [0.1, 0.15) is 25.0 Å². The summed E-state index contributed by atoms with van der Waals surface area (Å²) in [7, 11) is -3.63. The average molecular weight is 366 g/mol. The normalized spacial score (nSPS) is 15.2. The summed E-state index contributed by atoms with van der Waals surface area (Å²) in [6.07, 6.45) is 4.66. The lowest BCUT2D eigenvalue weighted by atomic mass is 10.0. The largest absolute Gasteiger partial charge is 0.384 e. The molecular weight excluding hydrogens is 344 g/mol. The molecule has 4 heteroatoms. The molecule has 0 spiro atoms. The molecule has 0 saturated carbocycles. The van der Waals surface area contributed by atoms with E-state index in [4.69, 9.17) is 0 Å². The van der Waals surface area contributed by atoms with Gasteiger partial charge in [0, 0.05) is 6.42 Å². The highest BCUT2D eigenvalue weighted by atomic mass is 32.2. The van der Waals surface area contributed by atoms with Crippen LogP contribution in [0.15, 0.2) is 87.7 Å². The van der Waals surface area contributed by atoms with E-state index >= 15 is 0 Å². The Morgan fingerprint density at radius 2 is 1.65 bits per heavy atom. The first-order valence-corrected chi connectivity index (χ1v) is 9.99. The molecule has 1 atom stereocenters. The third-order valence-electron chi connectivity index (χ3n) is 4.30. The summed E-state index contributed by atoms with van der Waals surface area (Å²) < 4.78 is 26.3. The van der Waals surface area contributed by atoms with E-state index in [1.165, 1.54) is 0 Å². The molecule has 1 N–H and O–H groups in total. The van der Waals surface area contributed by atoms with Gasteiger partial charge < -0.3 is 5.11 Å². The minimum atomic E-state index is -3.63. The fourth-order valence-corrected chi connectivity index (χ4v) is 4.44. The SMILES string of the molecule is CC(C)=CC(O)C1=Cc2ccccc2CC(S(=O)(=O)c2ccccc2)=C1. The molecule has 2 aromatic rings. The standard InChI is InChI=1S/C22H22O3S/c1-16(2)12-22(23)19-13-17-8-6-7-9-18(17)14-21(15-19)26(24,25)20-10-4-3-5-11-20/h3-13,15,22-23H,14H2,1-2H3. The maximum Gasteiger partial charge on any atom is 0.203 e. The highest BCUT2D eigenvalue weighted by molar-refractivity contribution is 7.95. The van der Waals surface area contributed by atoms with Crippen LogP contribution in [0.2, 0.25) is 0 Å². The summed E-state index contributed by atoms with van der Waals surface area (Å²) in [6, 6.07) is 16.1. The van der Waals surface area contributed by atoms with Gasteiger partial charge in [0.25, 0.3) is 0 Å². The highest BCUT2D eigenvalue weighted by Crippen LogP contribution is 2.30. The molecule has 0 fully saturated rings. The summed E-state index contributed by atoms with van der Waals surface area (Å²) in [5, 5.41) is 10.6. The number of aliphatic hydroxyl groups excluding tert-OH is 1. The fraction of sp³-hybridized carbons (Fsp3) is 0.182. The van der Waals surface area contributed by atoms with Gasteiger partial charge in [-0.25, -0.2) is 8.42 Å². The Morgan fingerprint density at radius 1 is 1.00 bits per heavy atom. The lowest BCUT2D eigenvalue weighted by Gasteiger charge is -2.11. The minimum Gasteiger partial charge on any atom is -0.384 e. The molecule has 0 heterocycles. The molecule has 134 valence electrons. The van der Waals surface area contributed by atoms with E-state index in [0.29, 0.717) is 16.9 Å². The zero-order valence-corrected chi connectivity index (χ0v) is 15.7. The van der Waals surface area contributed by atoms with Crippen LogP contribution in [0.3, 0.4) is 0 Å². The van der Waals surface area contributed by atoms with Crippen molar-refractivity contribution in [2.45, 2.75) is 31.3 Å². The van der Waals surface area contributed by atoms with Gasteiger partial charge in [-0.3, -0.25) is 0 Å². The van der Waals surface area contributed by atoms with Gasteiger partial charge in [-0.05, 0) is 54.8 Å². The van der Waals surface area contributed by atoms with Gasteiger partial charge in [-0.2, -0.15) is 0 Å². The monoisotopic (exact) mass is 366 g/mol. The Kier molecular flexibility index (Phi) is 5.25.